The summed E-state index contributed by atoms with van der Waals surface area (Å²) in [4.78, 5) is 21.8. The Balaban J connectivity index is 1.25. The molecule has 0 aliphatic heterocycles. The Morgan fingerprint density at radius 2 is 1.85 bits per heavy atom. The van der Waals surface area contributed by atoms with Crippen molar-refractivity contribution in [1.82, 2.24) is 35.1 Å². The second-order valence-electron chi connectivity index (χ2n) is 10.4. The highest BCUT2D eigenvalue weighted by atomic mass is 19.1. The summed E-state index contributed by atoms with van der Waals surface area (Å²) >= 11 is 0. The zero-order chi connectivity index (χ0) is 27.2. The number of pyridine rings is 3. The minimum absolute atomic E-state index is 0.306. The molecular formula is C31H27FN8. The van der Waals surface area contributed by atoms with E-state index in [1.54, 1.807) is 18.6 Å². The molecule has 0 spiro atoms. The van der Waals surface area contributed by atoms with Crippen molar-refractivity contribution in [3.8, 4) is 34.0 Å². The molecule has 0 amide bonds. The molecule has 7 rings (SSSR count). The number of benzene rings is 1. The number of hydrogen-bond acceptors (Lipinski definition) is 6. The van der Waals surface area contributed by atoms with E-state index in [0.29, 0.717) is 34.2 Å². The number of allylic oxidation sites excluding steroid dienone is 1. The summed E-state index contributed by atoms with van der Waals surface area (Å²) in [5.41, 5.74) is 8.59. The van der Waals surface area contributed by atoms with Gasteiger partial charge in [-0.05, 0) is 67.6 Å². The van der Waals surface area contributed by atoms with Gasteiger partial charge >= 0.3 is 0 Å². The number of rotatable bonds is 6. The molecule has 1 saturated carbocycles. The van der Waals surface area contributed by atoms with Crippen LogP contribution in [0.5, 0.6) is 0 Å². The van der Waals surface area contributed by atoms with Gasteiger partial charge in [-0.3, -0.25) is 20.1 Å². The molecule has 0 saturated heterocycles. The smallest absolute Gasteiger partial charge is 0.159 e. The van der Waals surface area contributed by atoms with Crippen LogP contribution in [0.25, 0.3) is 56.0 Å². The summed E-state index contributed by atoms with van der Waals surface area (Å²) in [5.74, 6) is 0.790. The fraction of sp³-hybridized carbons (Fsp3) is 0.194. The Morgan fingerprint density at radius 3 is 2.70 bits per heavy atom. The predicted octanol–water partition coefficient (Wildman–Crippen LogP) is 7.19. The summed E-state index contributed by atoms with van der Waals surface area (Å²) in [7, 11) is 0. The fourth-order valence-electron chi connectivity index (χ4n) is 5.60. The maximum absolute atomic E-state index is 14.2. The predicted molar refractivity (Wildman–Crippen MR) is 155 cm³/mol. The van der Waals surface area contributed by atoms with Gasteiger partial charge in [0, 0.05) is 34.6 Å². The summed E-state index contributed by atoms with van der Waals surface area (Å²) in [6.45, 7) is 6.12. The van der Waals surface area contributed by atoms with E-state index < -0.39 is 0 Å². The van der Waals surface area contributed by atoms with Crippen molar-refractivity contribution in [3.05, 3.63) is 84.8 Å². The standard InChI is InChI=1S/C31H27FN8/c1-17-9-20(11-22(32)10-17)28-30-25(7-8-34-28)37-31(38-30)29-24-13-26(35-16-27(24)39-40-29)21-12-23(15-33-14-21)36-18(2)19-5-3-4-6-19/h7-16,19,36H,2-6H2,1H3,(H,37,38)(H,39,40). The molecule has 6 aromatic rings. The van der Waals surface area contributed by atoms with E-state index in [2.05, 4.69) is 42.0 Å². The first-order valence-electron chi connectivity index (χ1n) is 13.4. The number of hydrogen-bond donors (Lipinski definition) is 3. The molecule has 5 aromatic heterocycles. The van der Waals surface area contributed by atoms with Crippen LogP contribution >= 0.6 is 0 Å². The van der Waals surface area contributed by atoms with Crippen LogP contribution < -0.4 is 5.32 Å². The second kappa shape index (κ2) is 9.68. The molecule has 40 heavy (non-hydrogen) atoms. The van der Waals surface area contributed by atoms with Gasteiger partial charge in [0.1, 0.15) is 17.0 Å². The molecular weight excluding hydrogens is 503 g/mol. The van der Waals surface area contributed by atoms with E-state index in [1.807, 2.05) is 37.4 Å². The van der Waals surface area contributed by atoms with Crippen LogP contribution in [-0.2, 0) is 0 Å². The van der Waals surface area contributed by atoms with Crippen molar-refractivity contribution in [1.29, 1.82) is 0 Å². The van der Waals surface area contributed by atoms with Gasteiger partial charge < -0.3 is 10.3 Å². The first-order valence-corrected chi connectivity index (χ1v) is 13.4. The lowest BCUT2D eigenvalue weighted by Gasteiger charge is -2.15. The van der Waals surface area contributed by atoms with Gasteiger partial charge in [-0.1, -0.05) is 19.4 Å². The van der Waals surface area contributed by atoms with E-state index in [0.717, 1.165) is 44.6 Å². The highest BCUT2D eigenvalue weighted by Crippen LogP contribution is 2.34. The van der Waals surface area contributed by atoms with Crippen LogP contribution in [0.3, 0.4) is 0 Å². The van der Waals surface area contributed by atoms with Crippen molar-refractivity contribution in [2.24, 2.45) is 5.92 Å². The number of anilines is 1. The lowest BCUT2D eigenvalue weighted by atomic mass is 10.0. The summed E-state index contributed by atoms with van der Waals surface area (Å²) < 4.78 is 14.2. The Bertz CT molecular complexity index is 1880. The van der Waals surface area contributed by atoms with Crippen LogP contribution in [-0.4, -0.2) is 35.1 Å². The molecule has 5 heterocycles. The Morgan fingerprint density at radius 1 is 0.975 bits per heavy atom. The highest BCUT2D eigenvalue weighted by Gasteiger charge is 2.19. The molecule has 0 radical (unpaired) electrons. The average molecular weight is 531 g/mol. The zero-order valence-corrected chi connectivity index (χ0v) is 22.0. The third-order valence-electron chi connectivity index (χ3n) is 7.57. The van der Waals surface area contributed by atoms with E-state index in [9.17, 15) is 4.39 Å². The molecule has 0 atom stereocenters. The van der Waals surface area contributed by atoms with Crippen molar-refractivity contribution >= 4 is 27.6 Å². The van der Waals surface area contributed by atoms with Crippen molar-refractivity contribution in [2.45, 2.75) is 32.6 Å². The largest absolute Gasteiger partial charge is 0.358 e. The molecule has 1 aliphatic carbocycles. The highest BCUT2D eigenvalue weighted by molar-refractivity contribution is 5.97. The maximum atomic E-state index is 14.2. The molecule has 9 heteroatoms. The number of aromatic nitrogens is 7. The van der Waals surface area contributed by atoms with Crippen LogP contribution in [0.2, 0.25) is 0 Å². The zero-order valence-electron chi connectivity index (χ0n) is 22.0. The van der Waals surface area contributed by atoms with E-state index in [1.165, 1.54) is 37.8 Å². The maximum Gasteiger partial charge on any atom is 0.159 e. The summed E-state index contributed by atoms with van der Waals surface area (Å²) in [6, 6.07) is 10.8. The SMILES string of the molecule is C=C(Nc1cncc(-c2cc3c(-c4nc5c(-c6cc(C)cc(F)c6)nccc5[nH]4)n[nH]c3cn2)c1)C1CCCC1. The molecule has 3 N–H and O–H groups in total. The quantitative estimate of drug-likeness (QED) is 0.210. The van der Waals surface area contributed by atoms with Gasteiger partial charge in [-0.25, -0.2) is 9.37 Å². The van der Waals surface area contributed by atoms with Gasteiger partial charge in [0.05, 0.1) is 40.5 Å². The molecule has 1 aromatic carbocycles. The minimum atomic E-state index is -0.306. The Hall–Kier alpha value is -4.92. The van der Waals surface area contributed by atoms with E-state index >= 15 is 0 Å². The van der Waals surface area contributed by atoms with E-state index in [4.69, 9.17) is 4.98 Å². The monoisotopic (exact) mass is 530 g/mol. The third kappa shape index (κ3) is 4.39. The lowest BCUT2D eigenvalue weighted by Crippen LogP contribution is -2.07. The van der Waals surface area contributed by atoms with Crippen molar-refractivity contribution < 1.29 is 4.39 Å². The lowest BCUT2D eigenvalue weighted by molar-refractivity contribution is 0.627. The first kappa shape index (κ1) is 24.1. The number of H-pyrrole nitrogens is 2. The van der Waals surface area contributed by atoms with Crippen molar-refractivity contribution in [3.63, 3.8) is 0 Å². The Kier molecular flexibility index (Phi) is 5.84. The summed E-state index contributed by atoms with van der Waals surface area (Å²) in [6.07, 6.45) is 12.0. The number of aryl methyl sites for hydroxylation is 1. The molecule has 198 valence electrons. The number of aromatic amines is 2. The normalized spacial score (nSPS) is 13.8. The first-order chi connectivity index (χ1) is 19.5. The number of nitrogens with one attached hydrogen (secondary N) is 3. The van der Waals surface area contributed by atoms with Gasteiger partial charge in [-0.15, -0.1) is 0 Å². The van der Waals surface area contributed by atoms with Crippen LogP contribution in [0, 0.1) is 18.7 Å². The average Bonchev–Trinajstić information content (AvgIpc) is 3.71. The number of halogens is 1. The van der Waals surface area contributed by atoms with Gasteiger partial charge in [0.15, 0.2) is 5.82 Å². The molecule has 8 nitrogen and oxygen atoms in total. The Labute approximate surface area is 229 Å². The van der Waals surface area contributed by atoms with Crippen LogP contribution in [0.4, 0.5) is 10.1 Å². The summed E-state index contributed by atoms with van der Waals surface area (Å²) in [5, 5.41) is 11.9. The van der Waals surface area contributed by atoms with Crippen molar-refractivity contribution in [2.75, 3.05) is 5.32 Å². The number of nitrogens with zero attached hydrogens (tertiary/aromatic N) is 5. The van der Waals surface area contributed by atoms with Gasteiger partial charge in [0.25, 0.3) is 0 Å². The fourth-order valence-corrected chi connectivity index (χ4v) is 5.60. The molecule has 1 aliphatic rings. The van der Waals surface area contributed by atoms with Gasteiger partial charge in [-0.2, -0.15) is 5.10 Å². The topological polar surface area (TPSA) is 108 Å². The van der Waals surface area contributed by atoms with E-state index in [-0.39, 0.29) is 5.82 Å². The third-order valence-corrected chi connectivity index (χ3v) is 7.57. The van der Waals surface area contributed by atoms with Crippen LogP contribution in [0.15, 0.2) is 73.5 Å². The minimum Gasteiger partial charge on any atom is -0.358 e. The number of fused-ring (bicyclic) bond motifs is 2. The molecule has 1 fully saturated rings. The molecule has 0 unspecified atom stereocenters. The van der Waals surface area contributed by atoms with Crippen LogP contribution in [0.1, 0.15) is 31.2 Å². The second-order valence-corrected chi connectivity index (χ2v) is 10.4. The van der Waals surface area contributed by atoms with Gasteiger partial charge in [0.2, 0.25) is 0 Å². The number of imidazole rings is 1. The molecule has 0 bridgehead atoms.